The highest BCUT2D eigenvalue weighted by Gasteiger charge is 2.62. The van der Waals surface area contributed by atoms with Gasteiger partial charge in [-0.1, -0.05) is 31.2 Å². The van der Waals surface area contributed by atoms with Crippen molar-refractivity contribution in [3.63, 3.8) is 0 Å². The van der Waals surface area contributed by atoms with Gasteiger partial charge in [-0.15, -0.1) is 0 Å². The highest BCUT2D eigenvalue weighted by molar-refractivity contribution is 5.98. The second-order valence-corrected chi connectivity index (χ2v) is 12.1. The lowest BCUT2D eigenvalue weighted by molar-refractivity contribution is -0.200. The van der Waals surface area contributed by atoms with Gasteiger partial charge in [0.15, 0.2) is 5.78 Å². The van der Waals surface area contributed by atoms with Crippen LogP contribution in [0.15, 0.2) is 36.0 Å². The van der Waals surface area contributed by atoms with Crippen LogP contribution < -0.4 is 0 Å². The number of esters is 1. The van der Waals surface area contributed by atoms with Crippen LogP contribution in [0.1, 0.15) is 65.7 Å². The largest absolute Gasteiger partial charge is 0.458 e. The average molecular weight is 437 g/mol. The molecule has 2 aliphatic heterocycles. The Hall–Kier alpha value is -1.68. The van der Waals surface area contributed by atoms with Gasteiger partial charge in [-0.05, 0) is 87.5 Å². The van der Waals surface area contributed by atoms with E-state index in [1.165, 1.54) is 18.4 Å². The normalized spacial score (nSPS) is 52.0. The van der Waals surface area contributed by atoms with E-state index < -0.39 is 5.60 Å². The van der Waals surface area contributed by atoms with E-state index in [1.807, 2.05) is 19.1 Å². The maximum Gasteiger partial charge on any atom is 0.336 e. The molecule has 2 saturated heterocycles. The van der Waals surface area contributed by atoms with Crippen molar-refractivity contribution in [3.05, 3.63) is 36.0 Å². The zero-order valence-electron chi connectivity index (χ0n) is 19.7. The first-order valence-corrected chi connectivity index (χ1v) is 12.6. The van der Waals surface area contributed by atoms with Gasteiger partial charge in [0, 0.05) is 12.3 Å². The van der Waals surface area contributed by atoms with E-state index in [2.05, 4.69) is 26.5 Å². The molecule has 2 saturated carbocycles. The van der Waals surface area contributed by atoms with Gasteiger partial charge in [-0.2, -0.15) is 0 Å². The molecule has 0 radical (unpaired) electrons. The van der Waals surface area contributed by atoms with Gasteiger partial charge in [0.2, 0.25) is 0 Å². The van der Waals surface area contributed by atoms with Gasteiger partial charge < -0.3 is 9.47 Å². The Morgan fingerprint density at radius 2 is 1.78 bits per heavy atom. The van der Waals surface area contributed by atoms with Gasteiger partial charge in [0.05, 0.1) is 17.6 Å². The molecule has 4 heteroatoms. The summed E-state index contributed by atoms with van der Waals surface area (Å²) in [6.07, 6.45) is 13.7. The minimum Gasteiger partial charge on any atom is -0.458 e. The standard InChI is InChI=1S/C28H36O4/c1-16-25(30)32-23-14-27(16,3)31-15-19(23)21-11-10-20-18-9-8-17-6-5-7-24(29)28(17,4)22(18)12-13-26(20,21)2/h5,7-8,18-23H,1,6,9-15H2,2-4H3/t18?,19?,20?,21-,22?,23?,26+,27?,28+/m1/s1. The van der Waals surface area contributed by atoms with E-state index in [9.17, 15) is 9.59 Å². The molecule has 4 aliphatic carbocycles. The van der Waals surface area contributed by atoms with Crippen LogP contribution in [-0.2, 0) is 19.1 Å². The Labute approximate surface area is 191 Å². The average Bonchev–Trinajstić information content (AvgIpc) is 3.10. The minimum atomic E-state index is -0.568. The molecule has 6 rings (SSSR count). The summed E-state index contributed by atoms with van der Waals surface area (Å²) >= 11 is 0. The zero-order chi connectivity index (χ0) is 22.5. The number of rotatable bonds is 1. The minimum absolute atomic E-state index is 0.0644. The number of hydrogen-bond acceptors (Lipinski definition) is 4. The van der Waals surface area contributed by atoms with Crippen LogP contribution in [0.4, 0.5) is 0 Å². The molecule has 32 heavy (non-hydrogen) atoms. The molecule has 0 aromatic heterocycles. The van der Waals surface area contributed by atoms with Crippen molar-refractivity contribution < 1.29 is 19.1 Å². The summed E-state index contributed by atoms with van der Waals surface area (Å²) in [5.41, 5.74) is 1.18. The molecule has 2 bridgehead atoms. The lowest BCUT2D eigenvalue weighted by Crippen LogP contribution is -2.57. The second kappa shape index (κ2) is 6.68. The summed E-state index contributed by atoms with van der Waals surface area (Å²) in [4.78, 5) is 25.6. The van der Waals surface area contributed by atoms with Crippen LogP contribution in [0.5, 0.6) is 0 Å². The summed E-state index contributed by atoms with van der Waals surface area (Å²) in [6.45, 7) is 11.3. The van der Waals surface area contributed by atoms with Gasteiger partial charge in [0.1, 0.15) is 11.7 Å². The lowest BCUT2D eigenvalue weighted by Gasteiger charge is -2.57. The molecular formula is C28H36O4. The van der Waals surface area contributed by atoms with Crippen molar-refractivity contribution in [1.82, 2.24) is 0 Å². The number of carbonyl (C=O) groups is 2. The predicted octanol–water partition coefficient (Wildman–Crippen LogP) is 5.19. The fourth-order valence-corrected chi connectivity index (χ4v) is 9.03. The molecule has 0 spiro atoms. The Balaban J connectivity index is 1.29. The Kier molecular flexibility index (Phi) is 4.36. The number of ether oxygens (including phenoxy) is 2. The van der Waals surface area contributed by atoms with E-state index in [0.717, 1.165) is 32.1 Å². The highest BCUT2D eigenvalue weighted by atomic mass is 16.6. The van der Waals surface area contributed by atoms with Gasteiger partial charge in [0.25, 0.3) is 0 Å². The third kappa shape index (κ3) is 2.53. The lowest BCUT2D eigenvalue weighted by atomic mass is 9.47. The molecule has 9 atom stereocenters. The summed E-state index contributed by atoms with van der Waals surface area (Å²) < 4.78 is 12.2. The highest BCUT2D eigenvalue weighted by Crippen LogP contribution is 2.67. The summed E-state index contributed by atoms with van der Waals surface area (Å²) in [5.74, 6) is 2.46. The van der Waals surface area contributed by atoms with Crippen molar-refractivity contribution in [3.8, 4) is 0 Å². The van der Waals surface area contributed by atoms with Crippen molar-refractivity contribution in [2.75, 3.05) is 6.61 Å². The summed E-state index contributed by atoms with van der Waals surface area (Å²) in [7, 11) is 0. The predicted molar refractivity (Wildman–Crippen MR) is 122 cm³/mol. The number of fused-ring (bicyclic) bond motifs is 7. The van der Waals surface area contributed by atoms with E-state index in [1.54, 1.807) is 0 Å². The first-order chi connectivity index (χ1) is 15.2. The number of hydrogen-bond donors (Lipinski definition) is 0. The fourth-order valence-electron chi connectivity index (χ4n) is 9.03. The van der Waals surface area contributed by atoms with Gasteiger partial charge >= 0.3 is 5.97 Å². The Morgan fingerprint density at radius 1 is 1.03 bits per heavy atom. The fraction of sp³-hybridized carbons (Fsp3) is 0.714. The quantitative estimate of drug-likeness (QED) is 0.323. The smallest absolute Gasteiger partial charge is 0.336 e. The van der Waals surface area contributed by atoms with Crippen molar-refractivity contribution in [1.29, 1.82) is 0 Å². The number of ketones is 1. The molecule has 0 N–H and O–H groups in total. The molecule has 0 aromatic rings. The zero-order valence-corrected chi connectivity index (χ0v) is 19.7. The third-order valence-electron chi connectivity index (χ3n) is 11.0. The van der Waals surface area contributed by atoms with E-state index in [4.69, 9.17) is 9.47 Å². The topological polar surface area (TPSA) is 52.6 Å². The SMILES string of the molecule is C=C1C(=O)OC2CC1(C)OCC2[C@H]1CCC2C3CC=C4CC=CC(=O)[C@]4(C)C3CC[C@@]21C. The molecule has 6 unspecified atom stereocenters. The molecule has 0 amide bonds. The Bertz CT molecular complexity index is 960. The molecule has 6 aliphatic rings. The molecule has 4 fully saturated rings. The Morgan fingerprint density at radius 3 is 2.56 bits per heavy atom. The van der Waals surface area contributed by atoms with Crippen molar-refractivity contribution >= 4 is 11.8 Å². The van der Waals surface area contributed by atoms with Crippen LogP contribution in [-0.4, -0.2) is 30.1 Å². The second-order valence-electron chi connectivity index (χ2n) is 12.1. The van der Waals surface area contributed by atoms with Crippen LogP contribution in [0.2, 0.25) is 0 Å². The van der Waals surface area contributed by atoms with Crippen molar-refractivity contribution in [2.24, 2.45) is 40.4 Å². The number of allylic oxidation sites excluding steroid dienone is 4. The van der Waals surface area contributed by atoms with E-state index >= 15 is 0 Å². The van der Waals surface area contributed by atoms with E-state index in [0.29, 0.717) is 41.6 Å². The molecule has 172 valence electrons. The van der Waals surface area contributed by atoms with Gasteiger partial charge in [-0.25, -0.2) is 4.79 Å². The van der Waals surface area contributed by atoms with Crippen LogP contribution in [0.3, 0.4) is 0 Å². The first-order valence-electron chi connectivity index (χ1n) is 12.6. The van der Waals surface area contributed by atoms with Crippen LogP contribution in [0.25, 0.3) is 0 Å². The molecular weight excluding hydrogens is 400 g/mol. The van der Waals surface area contributed by atoms with Gasteiger partial charge in [-0.3, -0.25) is 4.79 Å². The van der Waals surface area contributed by atoms with Crippen molar-refractivity contribution in [2.45, 2.75) is 77.4 Å². The van der Waals surface area contributed by atoms with Crippen LogP contribution >= 0.6 is 0 Å². The number of carbonyl (C=O) groups excluding carboxylic acids is 2. The molecule has 4 nitrogen and oxygen atoms in total. The monoisotopic (exact) mass is 436 g/mol. The summed E-state index contributed by atoms with van der Waals surface area (Å²) in [6, 6.07) is 0. The first kappa shape index (κ1) is 20.9. The molecule has 2 heterocycles. The maximum absolute atomic E-state index is 13.1. The van der Waals surface area contributed by atoms with Crippen LogP contribution in [0, 0.1) is 40.4 Å². The molecule has 0 aromatic carbocycles. The maximum atomic E-state index is 13.1. The summed E-state index contributed by atoms with van der Waals surface area (Å²) in [5, 5.41) is 0. The third-order valence-corrected chi connectivity index (χ3v) is 11.0. The van der Waals surface area contributed by atoms with E-state index in [-0.39, 0.29) is 28.8 Å².